The third-order valence-electron chi connectivity index (χ3n) is 3.53. The average molecular weight is 456 g/mol. The maximum atomic E-state index is 12.2. The van der Waals surface area contributed by atoms with Crippen molar-refractivity contribution in [1.82, 2.24) is 5.43 Å². The molecule has 0 aliphatic heterocycles. The number of hydrogen-bond acceptors (Lipinski definition) is 5. The second kappa shape index (κ2) is 10.3. The fourth-order valence-corrected chi connectivity index (χ4v) is 3.33. The molecule has 2 aromatic carbocycles. The third kappa shape index (κ3) is 7.08. The summed E-state index contributed by atoms with van der Waals surface area (Å²) in [4.78, 5) is 12.2. The molecule has 7 nitrogen and oxygen atoms in total. The molecule has 0 saturated heterocycles. The van der Waals surface area contributed by atoms with E-state index in [1.54, 1.807) is 30.3 Å². The topological polar surface area (TPSA) is 88.1 Å². The Kier molecular flexibility index (Phi) is 8.07. The Labute approximate surface area is 179 Å². The Morgan fingerprint density at radius 1 is 1.21 bits per heavy atom. The molecular weight excluding hydrogens is 437 g/mol. The predicted molar refractivity (Wildman–Crippen MR) is 117 cm³/mol. The number of anilines is 1. The van der Waals surface area contributed by atoms with Gasteiger partial charge in [0.15, 0.2) is 0 Å². The van der Waals surface area contributed by atoms with Crippen LogP contribution in [0.4, 0.5) is 5.69 Å². The van der Waals surface area contributed by atoms with E-state index in [-0.39, 0.29) is 15.7 Å². The van der Waals surface area contributed by atoms with Crippen LogP contribution in [0.25, 0.3) is 0 Å². The minimum atomic E-state index is -3.73. The zero-order valence-electron chi connectivity index (χ0n) is 15.5. The van der Waals surface area contributed by atoms with Crippen LogP contribution in [0.3, 0.4) is 0 Å². The molecule has 0 aliphatic rings. The zero-order chi connectivity index (χ0) is 21.4. The van der Waals surface area contributed by atoms with Crippen LogP contribution in [-0.4, -0.2) is 39.9 Å². The minimum absolute atomic E-state index is 0.178. The second-order valence-corrected chi connectivity index (χ2v) is 8.55. The van der Waals surface area contributed by atoms with E-state index in [1.165, 1.54) is 24.4 Å². The van der Waals surface area contributed by atoms with Gasteiger partial charge in [0.25, 0.3) is 5.91 Å². The number of halogens is 2. The summed E-state index contributed by atoms with van der Waals surface area (Å²) in [6.07, 6.45) is 4.06. The first-order valence-corrected chi connectivity index (χ1v) is 10.9. The highest BCUT2D eigenvalue weighted by molar-refractivity contribution is 7.92. The van der Waals surface area contributed by atoms with Gasteiger partial charge in [-0.15, -0.1) is 0 Å². The van der Waals surface area contributed by atoms with Crippen molar-refractivity contribution >= 4 is 51.0 Å². The number of nitrogens with zero attached hydrogens (tertiary/aromatic N) is 2. The second-order valence-electron chi connectivity index (χ2n) is 5.83. The molecule has 0 saturated carbocycles. The number of hydrazone groups is 1. The zero-order valence-corrected chi connectivity index (χ0v) is 17.8. The summed E-state index contributed by atoms with van der Waals surface area (Å²) in [5, 5.41) is 4.30. The molecule has 0 bridgehead atoms. The van der Waals surface area contributed by atoms with Gasteiger partial charge in [0.05, 0.1) is 28.2 Å². The lowest BCUT2D eigenvalue weighted by atomic mass is 10.2. The molecule has 2 aromatic rings. The number of carbonyl (C=O) groups is 1. The molecule has 0 atom stereocenters. The van der Waals surface area contributed by atoms with Gasteiger partial charge in [-0.25, -0.2) is 13.8 Å². The van der Waals surface area contributed by atoms with E-state index >= 15 is 0 Å². The highest BCUT2D eigenvalue weighted by Gasteiger charge is 2.21. The summed E-state index contributed by atoms with van der Waals surface area (Å²) in [7, 11) is -3.73. The van der Waals surface area contributed by atoms with Crippen molar-refractivity contribution in [2.45, 2.75) is 0 Å². The highest BCUT2D eigenvalue weighted by atomic mass is 35.5. The fourth-order valence-electron chi connectivity index (χ4n) is 2.19. The number of sulfonamides is 1. The van der Waals surface area contributed by atoms with E-state index in [0.717, 1.165) is 16.1 Å². The highest BCUT2D eigenvalue weighted by Crippen LogP contribution is 2.28. The Morgan fingerprint density at radius 2 is 1.90 bits per heavy atom. The Hall–Kier alpha value is -2.55. The summed E-state index contributed by atoms with van der Waals surface area (Å²) in [6.45, 7) is 3.51. The largest absolute Gasteiger partial charge is 0.490 e. The molecule has 29 heavy (non-hydrogen) atoms. The number of carbonyl (C=O) groups excluding carboxylic acids is 1. The maximum absolute atomic E-state index is 12.2. The van der Waals surface area contributed by atoms with Gasteiger partial charge in [-0.05, 0) is 48.0 Å². The Bertz CT molecular complexity index is 1010. The molecule has 0 heterocycles. The van der Waals surface area contributed by atoms with Crippen LogP contribution in [0.15, 0.2) is 60.2 Å². The molecule has 10 heteroatoms. The van der Waals surface area contributed by atoms with Gasteiger partial charge in [0, 0.05) is 0 Å². The van der Waals surface area contributed by atoms with Crippen molar-refractivity contribution < 1.29 is 17.9 Å². The summed E-state index contributed by atoms with van der Waals surface area (Å²) in [5.74, 6) is 0.0557. The van der Waals surface area contributed by atoms with Crippen molar-refractivity contribution in [2.24, 2.45) is 5.10 Å². The van der Waals surface area contributed by atoms with E-state index in [1.807, 2.05) is 0 Å². The number of ether oxygens (including phenoxy) is 1. The van der Waals surface area contributed by atoms with Gasteiger partial charge in [-0.3, -0.25) is 9.10 Å². The van der Waals surface area contributed by atoms with Crippen LogP contribution in [-0.2, 0) is 14.8 Å². The van der Waals surface area contributed by atoms with Gasteiger partial charge in [-0.2, -0.15) is 5.10 Å². The van der Waals surface area contributed by atoms with Gasteiger partial charge in [-0.1, -0.05) is 35.9 Å². The number of benzene rings is 2. The molecule has 0 fully saturated rings. The average Bonchev–Trinajstić information content (AvgIpc) is 2.67. The quantitative estimate of drug-likeness (QED) is 0.356. The lowest BCUT2D eigenvalue weighted by molar-refractivity contribution is -0.119. The van der Waals surface area contributed by atoms with Gasteiger partial charge in [0.1, 0.15) is 18.9 Å². The van der Waals surface area contributed by atoms with Gasteiger partial charge in [0.2, 0.25) is 10.0 Å². The molecule has 0 aliphatic carbocycles. The number of hydrogen-bond donors (Lipinski definition) is 1. The predicted octanol–water partition coefficient (Wildman–Crippen LogP) is 3.47. The molecule has 0 unspecified atom stereocenters. The first-order chi connectivity index (χ1) is 13.7. The van der Waals surface area contributed by atoms with Crippen LogP contribution in [0.5, 0.6) is 5.75 Å². The number of nitrogens with one attached hydrogen (secondary N) is 1. The summed E-state index contributed by atoms with van der Waals surface area (Å²) < 4.78 is 30.4. The molecule has 0 aromatic heterocycles. The maximum Gasteiger partial charge on any atom is 0.260 e. The van der Waals surface area contributed by atoms with Crippen molar-refractivity contribution in [3.8, 4) is 5.75 Å². The van der Waals surface area contributed by atoms with Crippen LogP contribution >= 0.6 is 23.2 Å². The SMILES string of the molecule is C=CCOc1ccc(/C=N\NC(=O)CN(c2ccc(Cl)c(Cl)c2)S(C)(=O)=O)cc1. The molecule has 0 radical (unpaired) electrons. The van der Waals surface area contributed by atoms with Gasteiger partial charge >= 0.3 is 0 Å². The Balaban J connectivity index is 2.02. The van der Waals surface area contributed by atoms with Crippen molar-refractivity contribution in [2.75, 3.05) is 23.7 Å². The molecule has 1 N–H and O–H groups in total. The smallest absolute Gasteiger partial charge is 0.260 e. The lowest BCUT2D eigenvalue weighted by Crippen LogP contribution is -2.39. The first kappa shape index (κ1) is 22.7. The number of rotatable bonds is 9. The lowest BCUT2D eigenvalue weighted by Gasteiger charge is -2.21. The van der Waals surface area contributed by atoms with Crippen LogP contribution in [0.2, 0.25) is 10.0 Å². The molecular formula is C19H19Cl2N3O4S. The number of amides is 1. The molecule has 1 amide bonds. The molecule has 0 spiro atoms. The van der Waals surface area contributed by atoms with Crippen LogP contribution in [0, 0.1) is 0 Å². The third-order valence-corrected chi connectivity index (χ3v) is 5.41. The van der Waals surface area contributed by atoms with Crippen molar-refractivity contribution in [1.29, 1.82) is 0 Å². The van der Waals surface area contributed by atoms with E-state index in [2.05, 4.69) is 17.1 Å². The summed E-state index contributed by atoms with van der Waals surface area (Å²) in [6, 6.07) is 11.3. The van der Waals surface area contributed by atoms with E-state index in [9.17, 15) is 13.2 Å². The van der Waals surface area contributed by atoms with Gasteiger partial charge < -0.3 is 4.74 Å². The summed E-state index contributed by atoms with van der Waals surface area (Å²) in [5.41, 5.74) is 3.24. The standard InChI is InChI=1S/C19H19Cl2N3O4S/c1-3-10-28-16-7-4-14(5-8-16)12-22-23-19(25)13-24(29(2,26)27)15-6-9-17(20)18(21)11-15/h3-9,11-12H,1,10,13H2,2H3,(H,23,25)/b22-12-. The van der Waals surface area contributed by atoms with Crippen LogP contribution in [0.1, 0.15) is 5.56 Å². The van der Waals surface area contributed by atoms with E-state index < -0.39 is 22.5 Å². The molecule has 2 rings (SSSR count). The summed E-state index contributed by atoms with van der Waals surface area (Å²) >= 11 is 11.8. The minimum Gasteiger partial charge on any atom is -0.490 e. The first-order valence-electron chi connectivity index (χ1n) is 8.29. The van der Waals surface area contributed by atoms with Crippen molar-refractivity contribution in [3.05, 3.63) is 70.7 Å². The normalized spacial score (nSPS) is 11.3. The fraction of sp³-hybridized carbons (Fsp3) is 0.158. The Morgan fingerprint density at radius 3 is 2.48 bits per heavy atom. The van der Waals surface area contributed by atoms with Crippen molar-refractivity contribution in [3.63, 3.8) is 0 Å². The molecule has 154 valence electrons. The van der Waals surface area contributed by atoms with E-state index in [0.29, 0.717) is 12.4 Å². The van der Waals surface area contributed by atoms with E-state index in [4.69, 9.17) is 27.9 Å². The monoisotopic (exact) mass is 455 g/mol. The van der Waals surface area contributed by atoms with Crippen LogP contribution < -0.4 is 14.5 Å².